The van der Waals surface area contributed by atoms with Gasteiger partial charge in [0.1, 0.15) is 11.0 Å². The largest absolute Gasteiger partial charge is 0.309 e. The van der Waals surface area contributed by atoms with Crippen molar-refractivity contribution in [3.63, 3.8) is 0 Å². The van der Waals surface area contributed by atoms with E-state index in [1.807, 2.05) is 12.1 Å². The molecule has 1 aliphatic heterocycles. The molecule has 0 spiro atoms. The number of benzene rings is 1. The second kappa shape index (κ2) is 7.00. The number of fused-ring (bicyclic) bond motifs is 1. The molecule has 1 aromatic carbocycles. The van der Waals surface area contributed by atoms with Crippen molar-refractivity contribution in [2.24, 2.45) is 0 Å². The average Bonchev–Trinajstić information content (AvgIpc) is 2.81. The first-order chi connectivity index (χ1) is 10.3. The van der Waals surface area contributed by atoms with Gasteiger partial charge in [-0.15, -0.1) is 0 Å². The zero-order valence-electron chi connectivity index (χ0n) is 12.7. The van der Waals surface area contributed by atoms with Crippen molar-refractivity contribution in [1.82, 2.24) is 20.5 Å². The minimum Gasteiger partial charge on any atom is -0.309 e. The van der Waals surface area contributed by atoms with Crippen molar-refractivity contribution < 1.29 is 4.63 Å². The summed E-state index contributed by atoms with van der Waals surface area (Å²) in [6, 6.07) is 6.58. The Kier molecular flexibility index (Phi) is 4.83. The molecule has 1 N–H and O–H groups in total. The van der Waals surface area contributed by atoms with Crippen molar-refractivity contribution >= 4 is 11.0 Å². The summed E-state index contributed by atoms with van der Waals surface area (Å²) < 4.78 is 4.73. The quantitative estimate of drug-likeness (QED) is 0.916. The predicted molar refractivity (Wildman–Crippen MR) is 83.0 cm³/mol. The van der Waals surface area contributed by atoms with Crippen molar-refractivity contribution in [2.75, 3.05) is 19.6 Å². The molecule has 5 nitrogen and oxygen atoms in total. The lowest BCUT2D eigenvalue weighted by Crippen LogP contribution is -2.39. The Labute approximate surface area is 125 Å². The summed E-state index contributed by atoms with van der Waals surface area (Å²) in [4.78, 5) is 2.59. The van der Waals surface area contributed by atoms with Crippen molar-refractivity contribution in [2.45, 2.75) is 45.2 Å². The van der Waals surface area contributed by atoms with Gasteiger partial charge < -0.3 is 10.2 Å². The number of rotatable bonds is 5. The molecule has 0 unspecified atom stereocenters. The molecular formula is C16H24N4O. The van der Waals surface area contributed by atoms with E-state index in [-0.39, 0.29) is 0 Å². The highest BCUT2D eigenvalue weighted by molar-refractivity contribution is 5.73. The average molecular weight is 288 g/mol. The van der Waals surface area contributed by atoms with Crippen LogP contribution in [0, 0.1) is 0 Å². The third-order valence-corrected chi connectivity index (χ3v) is 4.20. The van der Waals surface area contributed by atoms with Crippen LogP contribution in [-0.2, 0) is 6.54 Å². The van der Waals surface area contributed by atoms with Crippen LogP contribution in [0.2, 0.25) is 0 Å². The lowest BCUT2D eigenvalue weighted by Gasteiger charge is -2.24. The lowest BCUT2D eigenvalue weighted by atomic mass is 10.2. The summed E-state index contributed by atoms with van der Waals surface area (Å²) in [5.41, 5.74) is 2.87. The van der Waals surface area contributed by atoms with Crippen LogP contribution >= 0.6 is 0 Å². The fraction of sp³-hybridized carbons (Fsp3) is 0.625. The molecule has 3 rings (SSSR count). The Hall–Kier alpha value is -1.46. The van der Waals surface area contributed by atoms with Crippen molar-refractivity contribution in [3.05, 3.63) is 23.8 Å². The molecule has 1 aromatic heterocycles. The highest BCUT2D eigenvalue weighted by Crippen LogP contribution is 2.12. The smallest absolute Gasteiger partial charge is 0.135 e. The van der Waals surface area contributed by atoms with Crippen LogP contribution in [0.3, 0.4) is 0 Å². The zero-order valence-corrected chi connectivity index (χ0v) is 12.7. The molecule has 0 amide bonds. The molecule has 1 saturated heterocycles. The molecule has 5 heteroatoms. The summed E-state index contributed by atoms with van der Waals surface area (Å²) in [6.07, 6.45) is 5.49. The van der Waals surface area contributed by atoms with Gasteiger partial charge in [-0.05, 0) is 60.9 Å². The molecule has 0 radical (unpaired) electrons. The Morgan fingerprint density at radius 3 is 2.71 bits per heavy atom. The van der Waals surface area contributed by atoms with Gasteiger partial charge in [-0.3, -0.25) is 0 Å². The standard InChI is InChI=1S/C16H24N4O/c1-13(12-20-8-4-2-3-5-9-20)17-11-14-6-7-15-16(10-14)19-21-18-15/h6-7,10,13,17H,2-5,8-9,11-12H2,1H3/t13-/m0/s1. The minimum atomic E-state index is 0.495. The van der Waals surface area contributed by atoms with Gasteiger partial charge in [0, 0.05) is 19.1 Å². The molecule has 114 valence electrons. The van der Waals surface area contributed by atoms with E-state index in [1.54, 1.807) is 0 Å². The zero-order chi connectivity index (χ0) is 14.5. The first-order valence-electron chi connectivity index (χ1n) is 7.98. The first kappa shape index (κ1) is 14.5. The normalized spacial score (nSPS) is 18.7. The molecular weight excluding hydrogens is 264 g/mol. The second-order valence-corrected chi connectivity index (χ2v) is 6.08. The first-order valence-corrected chi connectivity index (χ1v) is 7.98. The number of hydrogen-bond donors (Lipinski definition) is 1. The van der Waals surface area contributed by atoms with E-state index in [0.717, 1.165) is 24.1 Å². The van der Waals surface area contributed by atoms with E-state index >= 15 is 0 Å². The van der Waals surface area contributed by atoms with Crippen LogP contribution in [0.25, 0.3) is 11.0 Å². The second-order valence-electron chi connectivity index (χ2n) is 6.08. The monoisotopic (exact) mass is 288 g/mol. The van der Waals surface area contributed by atoms with E-state index < -0.39 is 0 Å². The Balaban J connectivity index is 1.49. The molecule has 2 aromatic rings. The number of likely N-dealkylation sites (tertiary alicyclic amines) is 1. The van der Waals surface area contributed by atoms with E-state index in [2.05, 4.69) is 33.5 Å². The SMILES string of the molecule is C[C@@H](CN1CCCCCC1)NCc1ccc2nonc2c1. The third kappa shape index (κ3) is 4.02. The number of nitrogens with zero attached hydrogens (tertiary/aromatic N) is 3. The summed E-state index contributed by atoms with van der Waals surface area (Å²) in [5.74, 6) is 0. The molecule has 0 aliphatic carbocycles. The maximum atomic E-state index is 4.73. The van der Waals surface area contributed by atoms with Crippen LogP contribution in [0.5, 0.6) is 0 Å². The van der Waals surface area contributed by atoms with E-state index in [1.165, 1.54) is 44.3 Å². The third-order valence-electron chi connectivity index (χ3n) is 4.20. The molecule has 0 bridgehead atoms. The molecule has 21 heavy (non-hydrogen) atoms. The predicted octanol–water partition coefficient (Wildman–Crippen LogP) is 2.58. The van der Waals surface area contributed by atoms with Crippen LogP contribution in [0.4, 0.5) is 0 Å². The Morgan fingerprint density at radius 2 is 1.90 bits per heavy atom. The highest BCUT2D eigenvalue weighted by atomic mass is 16.6. The van der Waals surface area contributed by atoms with E-state index in [4.69, 9.17) is 4.63 Å². The minimum absolute atomic E-state index is 0.495. The van der Waals surface area contributed by atoms with Gasteiger partial charge in [0.05, 0.1) is 0 Å². The van der Waals surface area contributed by atoms with Crippen molar-refractivity contribution in [3.8, 4) is 0 Å². The summed E-state index contributed by atoms with van der Waals surface area (Å²) in [5, 5.41) is 11.3. The maximum absolute atomic E-state index is 4.73. The number of hydrogen-bond acceptors (Lipinski definition) is 5. The topological polar surface area (TPSA) is 54.2 Å². The van der Waals surface area contributed by atoms with Gasteiger partial charge in [-0.2, -0.15) is 0 Å². The number of nitrogens with one attached hydrogen (secondary N) is 1. The van der Waals surface area contributed by atoms with Crippen LogP contribution < -0.4 is 5.32 Å². The molecule has 1 aliphatic rings. The van der Waals surface area contributed by atoms with E-state index in [9.17, 15) is 0 Å². The summed E-state index contributed by atoms with van der Waals surface area (Å²) in [6.45, 7) is 6.76. The maximum Gasteiger partial charge on any atom is 0.135 e. The Bertz CT molecular complexity index is 560. The fourth-order valence-corrected chi connectivity index (χ4v) is 3.00. The van der Waals surface area contributed by atoms with Gasteiger partial charge in [0.15, 0.2) is 0 Å². The molecule has 1 atom stereocenters. The van der Waals surface area contributed by atoms with Gasteiger partial charge in [-0.25, -0.2) is 4.63 Å². The Morgan fingerprint density at radius 1 is 1.14 bits per heavy atom. The van der Waals surface area contributed by atoms with Crippen LogP contribution in [0.1, 0.15) is 38.2 Å². The molecule has 1 fully saturated rings. The van der Waals surface area contributed by atoms with Crippen LogP contribution in [-0.4, -0.2) is 40.9 Å². The summed E-state index contributed by atoms with van der Waals surface area (Å²) in [7, 11) is 0. The molecule has 2 heterocycles. The van der Waals surface area contributed by atoms with Gasteiger partial charge >= 0.3 is 0 Å². The number of aromatic nitrogens is 2. The summed E-state index contributed by atoms with van der Waals surface area (Å²) >= 11 is 0. The lowest BCUT2D eigenvalue weighted by molar-refractivity contribution is 0.255. The fourth-order valence-electron chi connectivity index (χ4n) is 3.00. The molecule has 0 saturated carbocycles. The van der Waals surface area contributed by atoms with Gasteiger partial charge in [0.2, 0.25) is 0 Å². The van der Waals surface area contributed by atoms with E-state index in [0.29, 0.717) is 6.04 Å². The van der Waals surface area contributed by atoms with Crippen molar-refractivity contribution in [1.29, 1.82) is 0 Å². The van der Waals surface area contributed by atoms with Gasteiger partial charge in [0.25, 0.3) is 0 Å². The van der Waals surface area contributed by atoms with Gasteiger partial charge in [-0.1, -0.05) is 18.9 Å². The van der Waals surface area contributed by atoms with Crippen LogP contribution in [0.15, 0.2) is 22.8 Å². The highest BCUT2D eigenvalue weighted by Gasteiger charge is 2.12.